The summed E-state index contributed by atoms with van der Waals surface area (Å²) in [5, 5.41) is 3.48. The summed E-state index contributed by atoms with van der Waals surface area (Å²) in [6.45, 7) is 0.883. The van der Waals surface area contributed by atoms with Gasteiger partial charge in [0.15, 0.2) is 0 Å². The molecule has 2 rings (SSSR count). The molecule has 0 aromatic carbocycles. The second kappa shape index (κ2) is 3.01. The molecule has 1 saturated heterocycles. The van der Waals surface area contributed by atoms with E-state index in [2.05, 4.69) is 9.99 Å². The molecular weight excluding hydrogens is 168 g/mol. The zero-order chi connectivity index (χ0) is 9.31. The van der Waals surface area contributed by atoms with E-state index < -0.39 is 0 Å². The number of carbonyl (C=O) groups excluding carboxylic acids is 1. The fraction of sp³-hybridized carbons (Fsp3) is 0.778. The summed E-state index contributed by atoms with van der Waals surface area (Å²) < 4.78 is 0. The van der Waals surface area contributed by atoms with Crippen molar-refractivity contribution in [1.82, 2.24) is 4.90 Å². The predicted molar refractivity (Wildman–Crippen MR) is 48.4 cm³/mol. The van der Waals surface area contributed by atoms with Crippen molar-refractivity contribution in [1.29, 1.82) is 0 Å². The van der Waals surface area contributed by atoms with Crippen LogP contribution in [0, 0.1) is 0 Å². The summed E-state index contributed by atoms with van der Waals surface area (Å²) >= 11 is 0. The highest BCUT2D eigenvalue weighted by Gasteiger charge is 2.50. The number of oxime groups is 1. The normalized spacial score (nSPS) is 24.2. The molecule has 4 nitrogen and oxygen atoms in total. The Kier molecular flexibility index (Phi) is 1.98. The number of amides is 1. The van der Waals surface area contributed by atoms with Gasteiger partial charge in [0.1, 0.15) is 13.3 Å². The molecule has 1 heterocycles. The van der Waals surface area contributed by atoms with Crippen LogP contribution in [0.15, 0.2) is 5.16 Å². The van der Waals surface area contributed by atoms with Crippen LogP contribution in [0.1, 0.15) is 25.7 Å². The first-order chi connectivity index (χ1) is 6.28. The fourth-order valence-electron chi connectivity index (χ4n) is 2.16. The SMILES string of the molecule is CO/N=C/C(=O)N1CCC12CCC2. The van der Waals surface area contributed by atoms with Gasteiger partial charge in [-0.1, -0.05) is 5.16 Å². The van der Waals surface area contributed by atoms with Crippen LogP contribution in [-0.2, 0) is 9.63 Å². The first-order valence-electron chi connectivity index (χ1n) is 4.67. The Morgan fingerprint density at radius 2 is 2.31 bits per heavy atom. The predicted octanol–water partition coefficient (Wildman–Crippen LogP) is 0.774. The zero-order valence-corrected chi connectivity index (χ0v) is 7.82. The average molecular weight is 182 g/mol. The lowest BCUT2D eigenvalue weighted by Gasteiger charge is -2.58. The number of nitrogens with zero attached hydrogens (tertiary/aromatic N) is 2. The van der Waals surface area contributed by atoms with Gasteiger partial charge in [0, 0.05) is 12.1 Å². The van der Waals surface area contributed by atoms with E-state index in [0.717, 1.165) is 6.54 Å². The molecule has 4 heteroatoms. The maximum atomic E-state index is 11.5. The molecule has 1 aliphatic carbocycles. The maximum absolute atomic E-state index is 11.5. The van der Waals surface area contributed by atoms with Gasteiger partial charge < -0.3 is 9.74 Å². The lowest BCUT2D eigenvalue weighted by atomic mass is 9.68. The first kappa shape index (κ1) is 8.53. The number of rotatable bonds is 2. The average Bonchev–Trinajstić information content (AvgIpc) is 1.96. The van der Waals surface area contributed by atoms with Gasteiger partial charge >= 0.3 is 0 Å². The molecule has 1 aliphatic heterocycles. The van der Waals surface area contributed by atoms with E-state index >= 15 is 0 Å². The topological polar surface area (TPSA) is 41.9 Å². The zero-order valence-electron chi connectivity index (χ0n) is 7.82. The molecule has 2 fully saturated rings. The smallest absolute Gasteiger partial charge is 0.268 e. The Morgan fingerprint density at radius 3 is 2.69 bits per heavy atom. The number of hydrogen-bond acceptors (Lipinski definition) is 3. The molecule has 2 aliphatic rings. The van der Waals surface area contributed by atoms with E-state index in [1.54, 1.807) is 0 Å². The summed E-state index contributed by atoms with van der Waals surface area (Å²) in [6.07, 6.45) is 6.02. The highest BCUT2D eigenvalue weighted by atomic mass is 16.6. The van der Waals surface area contributed by atoms with E-state index in [0.29, 0.717) is 0 Å². The van der Waals surface area contributed by atoms with Crippen molar-refractivity contribution in [3.05, 3.63) is 0 Å². The molecule has 0 atom stereocenters. The Morgan fingerprint density at radius 1 is 1.54 bits per heavy atom. The fourth-order valence-corrected chi connectivity index (χ4v) is 2.16. The number of likely N-dealkylation sites (tertiary alicyclic amines) is 1. The van der Waals surface area contributed by atoms with Crippen LogP contribution in [0.3, 0.4) is 0 Å². The standard InChI is InChI=1S/C9H14N2O2/c1-13-10-7-8(12)11-6-5-9(11)3-2-4-9/h7H,2-6H2,1H3/b10-7+. The largest absolute Gasteiger partial charge is 0.399 e. The molecule has 0 aromatic rings. The monoisotopic (exact) mass is 182 g/mol. The first-order valence-corrected chi connectivity index (χ1v) is 4.67. The number of hydrogen-bond donors (Lipinski definition) is 0. The van der Waals surface area contributed by atoms with Gasteiger partial charge in [-0.2, -0.15) is 0 Å². The molecule has 0 N–H and O–H groups in total. The molecule has 72 valence electrons. The highest BCUT2D eigenvalue weighted by molar-refractivity contribution is 6.26. The summed E-state index contributed by atoms with van der Waals surface area (Å²) in [5.74, 6) is -0.00667. The summed E-state index contributed by atoms with van der Waals surface area (Å²) in [7, 11) is 1.44. The Labute approximate surface area is 77.5 Å². The van der Waals surface area contributed by atoms with E-state index in [4.69, 9.17) is 0 Å². The van der Waals surface area contributed by atoms with Crippen LogP contribution in [0.4, 0.5) is 0 Å². The summed E-state index contributed by atoms with van der Waals surface area (Å²) in [6, 6.07) is 0. The minimum atomic E-state index is -0.00667. The molecule has 0 unspecified atom stereocenters. The van der Waals surface area contributed by atoms with Crippen LogP contribution in [0.25, 0.3) is 0 Å². The van der Waals surface area contributed by atoms with Crippen molar-refractivity contribution in [3.63, 3.8) is 0 Å². The molecule has 1 amide bonds. The van der Waals surface area contributed by atoms with Crippen LogP contribution in [0.5, 0.6) is 0 Å². The van der Waals surface area contributed by atoms with Gasteiger partial charge in [0.05, 0.1) is 0 Å². The van der Waals surface area contributed by atoms with Crippen molar-refractivity contribution < 1.29 is 9.63 Å². The molecule has 1 spiro atoms. The van der Waals surface area contributed by atoms with E-state index in [1.807, 2.05) is 4.90 Å². The van der Waals surface area contributed by atoms with Crippen molar-refractivity contribution in [2.45, 2.75) is 31.2 Å². The summed E-state index contributed by atoms with van der Waals surface area (Å²) in [4.78, 5) is 17.9. The Hall–Kier alpha value is -1.06. The van der Waals surface area contributed by atoms with Crippen molar-refractivity contribution in [2.24, 2.45) is 5.16 Å². The van der Waals surface area contributed by atoms with Crippen LogP contribution >= 0.6 is 0 Å². The van der Waals surface area contributed by atoms with E-state index in [1.165, 1.54) is 39.0 Å². The lowest BCUT2D eigenvalue weighted by Crippen LogP contribution is -2.65. The van der Waals surface area contributed by atoms with Crippen molar-refractivity contribution in [3.8, 4) is 0 Å². The molecular formula is C9H14N2O2. The minimum Gasteiger partial charge on any atom is -0.399 e. The number of carbonyl (C=O) groups is 1. The van der Waals surface area contributed by atoms with E-state index in [-0.39, 0.29) is 11.4 Å². The quantitative estimate of drug-likeness (QED) is 0.467. The molecule has 1 saturated carbocycles. The molecule has 0 radical (unpaired) electrons. The second-order valence-electron chi connectivity index (χ2n) is 3.73. The van der Waals surface area contributed by atoms with Gasteiger partial charge in [-0.15, -0.1) is 0 Å². The third-order valence-corrected chi connectivity index (χ3v) is 3.19. The van der Waals surface area contributed by atoms with E-state index in [9.17, 15) is 4.79 Å². The Bertz CT molecular complexity index is 240. The molecule has 0 aromatic heterocycles. The van der Waals surface area contributed by atoms with Gasteiger partial charge in [-0.05, 0) is 25.7 Å². The maximum Gasteiger partial charge on any atom is 0.268 e. The molecule has 0 bridgehead atoms. The van der Waals surface area contributed by atoms with Gasteiger partial charge in [0.25, 0.3) is 5.91 Å². The van der Waals surface area contributed by atoms with Crippen LogP contribution in [-0.4, -0.2) is 36.2 Å². The van der Waals surface area contributed by atoms with Crippen LogP contribution < -0.4 is 0 Å². The van der Waals surface area contributed by atoms with Gasteiger partial charge in [0.2, 0.25) is 0 Å². The highest BCUT2D eigenvalue weighted by Crippen LogP contribution is 2.46. The van der Waals surface area contributed by atoms with Crippen molar-refractivity contribution >= 4 is 12.1 Å². The minimum absolute atomic E-state index is 0.00667. The lowest BCUT2D eigenvalue weighted by molar-refractivity contribution is -0.147. The second-order valence-corrected chi connectivity index (χ2v) is 3.73. The third-order valence-electron chi connectivity index (χ3n) is 3.19. The Balaban J connectivity index is 1.94. The van der Waals surface area contributed by atoms with Crippen molar-refractivity contribution in [2.75, 3.05) is 13.7 Å². The van der Waals surface area contributed by atoms with Crippen LogP contribution in [0.2, 0.25) is 0 Å². The summed E-state index contributed by atoms with van der Waals surface area (Å²) in [5.41, 5.74) is 0.219. The molecule has 13 heavy (non-hydrogen) atoms. The van der Waals surface area contributed by atoms with Gasteiger partial charge in [-0.25, -0.2) is 0 Å². The van der Waals surface area contributed by atoms with Gasteiger partial charge in [-0.3, -0.25) is 4.79 Å². The third kappa shape index (κ3) is 1.20.